The van der Waals surface area contributed by atoms with Crippen LogP contribution < -0.4 is 10.6 Å². The van der Waals surface area contributed by atoms with Gasteiger partial charge in [-0.15, -0.1) is 12.4 Å². The third-order valence-electron chi connectivity index (χ3n) is 3.54. The average Bonchev–Trinajstić information content (AvgIpc) is 2.54. The third kappa shape index (κ3) is 5.89. The molecule has 24 heavy (non-hydrogen) atoms. The summed E-state index contributed by atoms with van der Waals surface area (Å²) in [5.41, 5.74) is 1.32. The smallest absolute Gasteiger partial charge is 0.220 e. The second-order valence-electron chi connectivity index (χ2n) is 5.28. The Hall–Kier alpha value is -1.43. The molecule has 2 aromatic rings. The molecule has 1 unspecified atom stereocenters. The van der Waals surface area contributed by atoms with E-state index in [-0.39, 0.29) is 24.1 Å². The van der Waals surface area contributed by atoms with Crippen LogP contribution in [0.4, 0.5) is 4.39 Å². The van der Waals surface area contributed by atoms with E-state index in [4.69, 9.17) is 0 Å². The minimum atomic E-state index is -0.494. The lowest BCUT2D eigenvalue weighted by Gasteiger charge is -2.20. The molecule has 0 radical (unpaired) electrons. The molecule has 3 nitrogen and oxygen atoms in total. The van der Waals surface area contributed by atoms with Gasteiger partial charge >= 0.3 is 0 Å². The van der Waals surface area contributed by atoms with Crippen LogP contribution in [0.5, 0.6) is 0 Å². The molecule has 0 spiro atoms. The summed E-state index contributed by atoms with van der Waals surface area (Å²) in [6.07, 6.45) is 1.15. The first-order valence-electron chi connectivity index (χ1n) is 7.55. The van der Waals surface area contributed by atoms with E-state index in [1.54, 1.807) is 12.1 Å². The Balaban J connectivity index is 0.00000288. The van der Waals surface area contributed by atoms with Gasteiger partial charge in [-0.1, -0.05) is 52.3 Å². The Bertz CT molecular complexity index is 655. The molecule has 0 bridgehead atoms. The maximum absolute atomic E-state index is 14.4. The molecule has 0 aromatic heterocycles. The zero-order valence-electron chi connectivity index (χ0n) is 13.4. The van der Waals surface area contributed by atoms with E-state index in [2.05, 4.69) is 26.6 Å². The van der Waals surface area contributed by atoms with Gasteiger partial charge in [-0.25, -0.2) is 4.39 Å². The van der Waals surface area contributed by atoms with Gasteiger partial charge in [-0.05, 0) is 37.7 Å². The highest BCUT2D eigenvalue weighted by Crippen LogP contribution is 2.26. The molecule has 1 amide bonds. The molecule has 0 aliphatic rings. The fourth-order valence-electron chi connectivity index (χ4n) is 2.38. The van der Waals surface area contributed by atoms with Crippen LogP contribution in [-0.4, -0.2) is 19.5 Å². The number of hydrogen-bond donors (Lipinski definition) is 2. The van der Waals surface area contributed by atoms with Crippen LogP contribution in [0.2, 0.25) is 0 Å². The molecule has 6 heteroatoms. The van der Waals surface area contributed by atoms with Gasteiger partial charge in [0.25, 0.3) is 0 Å². The molecular weight excluding hydrogens is 395 g/mol. The zero-order chi connectivity index (χ0) is 16.7. The van der Waals surface area contributed by atoms with Crippen molar-refractivity contribution in [1.82, 2.24) is 10.6 Å². The van der Waals surface area contributed by atoms with E-state index >= 15 is 0 Å². The molecule has 0 saturated heterocycles. The lowest BCUT2D eigenvalue weighted by molar-refractivity contribution is -0.121. The molecule has 2 N–H and O–H groups in total. The van der Waals surface area contributed by atoms with Crippen molar-refractivity contribution < 1.29 is 9.18 Å². The van der Waals surface area contributed by atoms with Crippen molar-refractivity contribution >= 4 is 34.2 Å². The van der Waals surface area contributed by atoms with Crippen molar-refractivity contribution in [3.05, 3.63) is 69.9 Å². The molecule has 0 heterocycles. The molecule has 130 valence electrons. The molecule has 2 rings (SSSR count). The van der Waals surface area contributed by atoms with Crippen LogP contribution in [-0.2, 0) is 4.79 Å². The lowest BCUT2D eigenvalue weighted by Crippen LogP contribution is -2.30. The Kier molecular flexibility index (Phi) is 8.97. The van der Waals surface area contributed by atoms with Crippen molar-refractivity contribution in [2.75, 3.05) is 13.6 Å². The maximum Gasteiger partial charge on any atom is 0.220 e. The van der Waals surface area contributed by atoms with Crippen LogP contribution in [0.15, 0.2) is 53.0 Å². The molecule has 0 aliphatic heterocycles. The SMILES string of the molecule is CNCCCC(=O)NC(c1ccccc1)c1ccc(Br)cc1F.Cl. The van der Waals surface area contributed by atoms with Crippen LogP contribution in [0.25, 0.3) is 0 Å². The number of carbonyl (C=O) groups is 1. The van der Waals surface area contributed by atoms with Crippen LogP contribution in [0, 0.1) is 5.82 Å². The first-order chi connectivity index (χ1) is 11.1. The highest BCUT2D eigenvalue weighted by atomic mass is 79.9. The Morgan fingerprint density at radius 2 is 1.92 bits per heavy atom. The largest absolute Gasteiger partial charge is 0.345 e. The first kappa shape index (κ1) is 20.6. The van der Waals surface area contributed by atoms with Gasteiger partial charge in [-0.2, -0.15) is 0 Å². The molecule has 0 fully saturated rings. The average molecular weight is 416 g/mol. The van der Waals surface area contributed by atoms with Crippen molar-refractivity contribution in [2.24, 2.45) is 0 Å². The first-order valence-corrected chi connectivity index (χ1v) is 8.35. The van der Waals surface area contributed by atoms with E-state index in [1.807, 2.05) is 37.4 Å². The summed E-state index contributed by atoms with van der Waals surface area (Å²) < 4.78 is 15.0. The monoisotopic (exact) mass is 414 g/mol. The molecule has 2 aromatic carbocycles. The van der Waals surface area contributed by atoms with Crippen LogP contribution >= 0.6 is 28.3 Å². The second-order valence-corrected chi connectivity index (χ2v) is 6.20. The standard InChI is InChI=1S/C18H20BrFN2O.ClH/c1-21-11-5-8-17(23)22-18(13-6-3-2-4-7-13)15-10-9-14(19)12-16(15)20;/h2-4,6-7,9-10,12,18,21H,5,8,11H2,1H3,(H,22,23);1H. The summed E-state index contributed by atoms with van der Waals surface area (Å²) in [5.74, 6) is -0.430. The summed E-state index contributed by atoms with van der Waals surface area (Å²) in [6.45, 7) is 0.774. The Morgan fingerprint density at radius 1 is 1.21 bits per heavy atom. The number of benzene rings is 2. The van der Waals surface area contributed by atoms with Crippen molar-refractivity contribution in [1.29, 1.82) is 0 Å². The van der Waals surface area contributed by atoms with Crippen LogP contribution in [0.3, 0.4) is 0 Å². The van der Waals surface area contributed by atoms with Crippen molar-refractivity contribution in [2.45, 2.75) is 18.9 Å². The minimum absolute atomic E-state index is 0. The molecule has 0 aliphatic carbocycles. The normalized spacial score (nSPS) is 11.5. The summed E-state index contributed by atoms with van der Waals surface area (Å²) >= 11 is 3.26. The predicted octanol–water partition coefficient (Wildman–Crippen LogP) is 4.22. The number of halogens is 3. The number of rotatable bonds is 7. The number of carbonyl (C=O) groups excluding carboxylic acids is 1. The fourth-order valence-corrected chi connectivity index (χ4v) is 2.71. The fraction of sp³-hybridized carbons (Fsp3) is 0.278. The third-order valence-corrected chi connectivity index (χ3v) is 4.04. The van der Waals surface area contributed by atoms with E-state index in [0.29, 0.717) is 16.5 Å². The summed E-state index contributed by atoms with van der Waals surface area (Å²) in [4.78, 5) is 12.2. The minimum Gasteiger partial charge on any atom is -0.345 e. The highest BCUT2D eigenvalue weighted by Gasteiger charge is 2.20. The number of hydrogen-bond acceptors (Lipinski definition) is 2. The van der Waals surface area contributed by atoms with E-state index in [1.165, 1.54) is 6.07 Å². The van der Waals surface area contributed by atoms with Crippen molar-refractivity contribution in [3.8, 4) is 0 Å². The summed E-state index contributed by atoms with van der Waals surface area (Å²) in [5, 5.41) is 5.96. The van der Waals surface area contributed by atoms with Gasteiger partial charge in [-0.3, -0.25) is 4.79 Å². The highest BCUT2D eigenvalue weighted by molar-refractivity contribution is 9.10. The van der Waals surface area contributed by atoms with Gasteiger partial charge < -0.3 is 10.6 Å². The Morgan fingerprint density at radius 3 is 2.54 bits per heavy atom. The quantitative estimate of drug-likeness (QED) is 0.665. The Labute approximate surface area is 156 Å². The predicted molar refractivity (Wildman–Crippen MR) is 101 cm³/mol. The lowest BCUT2D eigenvalue weighted by atomic mass is 9.98. The number of nitrogens with one attached hydrogen (secondary N) is 2. The summed E-state index contributed by atoms with van der Waals surface area (Å²) in [7, 11) is 1.85. The van der Waals surface area contributed by atoms with Gasteiger partial charge in [0.2, 0.25) is 5.91 Å². The molecular formula is C18H21BrClFN2O. The topological polar surface area (TPSA) is 41.1 Å². The van der Waals surface area contributed by atoms with Crippen LogP contribution in [0.1, 0.15) is 30.0 Å². The van der Waals surface area contributed by atoms with Gasteiger partial charge in [0.15, 0.2) is 0 Å². The zero-order valence-corrected chi connectivity index (χ0v) is 15.8. The molecule has 0 saturated carbocycles. The summed E-state index contributed by atoms with van der Waals surface area (Å²) in [6, 6.07) is 13.8. The number of amides is 1. The molecule has 1 atom stereocenters. The maximum atomic E-state index is 14.4. The van der Waals surface area contributed by atoms with E-state index in [9.17, 15) is 9.18 Å². The van der Waals surface area contributed by atoms with E-state index < -0.39 is 6.04 Å². The second kappa shape index (κ2) is 10.4. The van der Waals surface area contributed by atoms with Gasteiger partial charge in [0.05, 0.1) is 6.04 Å². The van der Waals surface area contributed by atoms with Crippen molar-refractivity contribution in [3.63, 3.8) is 0 Å². The van der Waals surface area contributed by atoms with Gasteiger partial charge in [0.1, 0.15) is 5.82 Å². The van der Waals surface area contributed by atoms with Gasteiger partial charge in [0, 0.05) is 16.5 Å². The van der Waals surface area contributed by atoms with E-state index in [0.717, 1.165) is 18.5 Å².